The Hall–Kier alpha value is -2.21. The summed E-state index contributed by atoms with van der Waals surface area (Å²) in [7, 11) is 0. The molecule has 0 aliphatic carbocycles. The Bertz CT molecular complexity index is 659. The predicted octanol–water partition coefficient (Wildman–Crippen LogP) is 3.42. The van der Waals surface area contributed by atoms with Crippen LogP contribution in [-0.2, 0) is 0 Å². The predicted molar refractivity (Wildman–Crippen MR) is 75.6 cm³/mol. The highest BCUT2D eigenvalue weighted by atomic mass is 32.1. The van der Waals surface area contributed by atoms with Crippen molar-refractivity contribution in [3.63, 3.8) is 0 Å². The fourth-order valence-electron chi connectivity index (χ4n) is 1.98. The van der Waals surface area contributed by atoms with Gasteiger partial charge in [0.05, 0.1) is 15.5 Å². The van der Waals surface area contributed by atoms with Gasteiger partial charge in [-0.25, -0.2) is 0 Å². The van der Waals surface area contributed by atoms with E-state index in [0.29, 0.717) is 10.6 Å². The van der Waals surface area contributed by atoms with Crippen molar-refractivity contribution in [1.82, 2.24) is 0 Å². The van der Waals surface area contributed by atoms with Gasteiger partial charge in [-0.15, -0.1) is 11.3 Å². The molecule has 0 amide bonds. The highest BCUT2D eigenvalue weighted by molar-refractivity contribution is 7.19. The van der Waals surface area contributed by atoms with Crippen LogP contribution >= 0.6 is 11.3 Å². The average molecular weight is 276 g/mol. The Morgan fingerprint density at radius 2 is 1.89 bits per heavy atom. The minimum atomic E-state index is -0.444. The third-order valence-electron chi connectivity index (χ3n) is 2.87. The number of carbonyl (C=O) groups excluding carboxylic acids is 1. The number of non-ortho nitro benzene ring substituents is 1. The number of nitro groups is 1. The van der Waals surface area contributed by atoms with Gasteiger partial charge in [-0.1, -0.05) is 0 Å². The molecule has 0 saturated carbocycles. The Morgan fingerprint density at radius 3 is 2.32 bits per heavy atom. The van der Waals surface area contributed by atoms with Gasteiger partial charge in [-0.05, 0) is 37.1 Å². The minimum absolute atomic E-state index is 0.0396. The van der Waals surface area contributed by atoms with E-state index in [-0.39, 0.29) is 11.5 Å². The van der Waals surface area contributed by atoms with Crippen molar-refractivity contribution in [3.05, 3.63) is 45.5 Å². The van der Waals surface area contributed by atoms with E-state index in [9.17, 15) is 14.9 Å². The van der Waals surface area contributed by atoms with Crippen molar-refractivity contribution in [2.45, 2.75) is 13.8 Å². The quantitative estimate of drug-likeness (QED) is 0.528. The summed E-state index contributed by atoms with van der Waals surface area (Å²) in [5, 5.41) is 11.1. The van der Waals surface area contributed by atoms with Crippen LogP contribution in [0.15, 0.2) is 24.3 Å². The molecule has 0 bridgehead atoms. The Kier molecular flexibility index (Phi) is 3.35. The number of carbonyl (C=O) groups is 1. The molecule has 0 spiro atoms. The number of nitro benzene ring substituents is 1. The number of ketones is 1. The second kappa shape index (κ2) is 4.81. The first-order valence-electron chi connectivity index (χ1n) is 5.56. The number of thiophene rings is 1. The van der Waals surface area contributed by atoms with E-state index in [0.717, 1.165) is 16.0 Å². The molecule has 0 fully saturated rings. The summed E-state index contributed by atoms with van der Waals surface area (Å²) >= 11 is 1.32. The maximum atomic E-state index is 11.5. The van der Waals surface area contributed by atoms with Crippen molar-refractivity contribution in [1.29, 1.82) is 0 Å². The molecule has 0 unspecified atom stereocenters. The van der Waals surface area contributed by atoms with Crippen LogP contribution in [0.4, 0.5) is 10.7 Å². The third-order valence-corrected chi connectivity index (χ3v) is 4.04. The van der Waals surface area contributed by atoms with Crippen LogP contribution in [0.5, 0.6) is 0 Å². The summed E-state index contributed by atoms with van der Waals surface area (Å²) in [5.41, 5.74) is 8.08. The Balaban J connectivity index is 2.51. The minimum Gasteiger partial charge on any atom is -0.390 e. The lowest BCUT2D eigenvalue weighted by molar-refractivity contribution is -0.384. The average Bonchev–Trinajstić information content (AvgIpc) is 2.65. The van der Waals surface area contributed by atoms with E-state index < -0.39 is 4.92 Å². The number of anilines is 1. The maximum absolute atomic E-state index is 11.5. The van der Waals surface area contributed by atoms with Gasteiger partial charge < -0.3 is 5.73 Å². The van der Waals surface area contributed by atoms with Crippen molar-refractivity contribution >= 4 is 27.8 Å². The van der Waals surface area contributed by atoms with E-state index in [1.54, 1.807) is 12.1 Å². The molecule has 0 saturated heterocycles. The van der Waals surface area contributed by atoms with Crippen molar-refractivity contribution < 1.29 is 9.72 Å². The highest BCUT2D eigenvalue weighted by Crippen LogP contribution is 2.38. The van der Waals surface area contributed by atoms with E-state index in [2.05, 4.69) is 0 Å². The van der Waals surface area contributed by atoms with Gasteiger partial charge in [0.25, 0.3) is 5.69 Å². The molecule has 0 atom stereocenters. The van der Waals surface area contributed by atoms with E-state index in [1.165, 1.54) is 30.4 Å². The molecular formula is C13H12N2O3S. The van der Waals surface area contributed by atoms with E-state index in [4.69, 9.17) is 5.73 Å². The molecule has 1 aromatic heterocycles. The normalized spacial score (nSPS) is 10.4. The number of hydrogen-bond donors (Lipinski definition) is 1. The number of hydrogen-bond acceptors (Lipinski definition) is 5. The first-order chi connectivity index (χ1) is 8.91. The van der Waals surface area contributed by atoms with Gasteiger partial charge in [0.1, 0.15) is 0 Å². The van der Waals surface area contributed by atoms with Crippen molar-refractivity contribution in [2.24, 2.45) is 0 Å². The van der Waals surface area contributed by atoms with Gasteiger partial charge in [0, 0.05) is 17.0 Å². The number of rotatable bonds is 3. The summed E-state index contributed by atoms with van der Waals surface area (Å²) in [5.74, 6) is -0.0700. The second-order valence-corrected chi connectivity index (χ2v) is 5.21. The monoisotopic (exact) mass is 276 g/mol. The smallest absolute Gasteiger partial charge is 0.269 e. The molecule has 2 N–H and O–H groups in total. The first-order valence-corrected chi connectivity index (χ1v) is 6.38. The highest BCUT2D eigenvalue weighted by Gasteiger charge is 2.17. The summed E-state index contributed by atoms with van der Waals surface area (Å²) in [6, 6.07) is 6.22. The van der Waals surface area contributed by atoms with Crippen LogP contribution in [0.3, 0.4) is 0 Å². The first kappa shape index (κ1) is 13.2. The second-order valence-electron chi connectivity index (χ2n) is 4.16. The summed E-state index contributed by atoms with van der Waals surface area (Å²) < 4.78 is 0. The fraction of sp³-hybridized carbons (Fsp3) is 0.154. The van der Waals surface area contributed by atoms with Gasteiger partial charge in [0.2, 0.25) is 0 Å². The molecule has 0 aliphatic heterocycles. The van der Waals surface area contributed by atoms with Crippen LogP contribution in [-0.4, -0.2) is 10.7 Å². The zero-order chi connectivity index (χ0) is 14.2. The van der Waals surface area contributed by atoms with Gasteiger partial charge in [0.15, 0.2) is 5.78 Å². The van der Waals surface area contributed by atoms with Crippen molar-refractivity contribution in [2.75, 3.05) is 5.73 Å². The topological polar surface area (TPSA) is 86.2 Å². The summed E-state index contributed by atoms with van der Waals surface area (Å²) in [6.45, 7) is 3.31. The molecule has 2 rings (SSSR count). The molecule has 5 nitrogen and oxygen atoms in total. The summed E-state index contributed by atoms with van der Waals surface area (Å²) in [6.07, 6.45) is 0. The van der Waals surface area contributed by atoms with E-state index >= 15 is 0 Å². The molecule has 1 heterocycles. The van der Waals surface area contributed by atoms with Crippen LogP contribution < -0.4 is 5.73 Å². The Morgan fingerprint density at radius 1 is 1.32 bits per heavy atom. The van der Waals surface area contributed by atoms with Crippen LogP contribution in [0, 0.1) is 17.0 Å². The van der Waals surface area contributed by atoms with Crippen LogP contribution in [0.1, 0.15) is 22.8 Å². The molecular weight excluding hydrogens is 264 g/mol. The molecule has 0 radical (unpaired) electrons. The molecule has 0 aliphatic rings. The zero-order valence-corrected chi connectivity index (χ0v) is 11.3. The van der Waals surface area contributed by atoms with Crippen LogP contribution in [0.2, 0.25) is 0 Å². The number of nitrogens with two attached hydrogens (primary N) is 1. The van der Waals surface area contributed by atoms with Crippen LogP contribution in [0.25, 0.3) is 10.4 Å². The number of benzene rings is 1. The molecule has 2 aromatic rings. The molecule has 98 valence electrons. The van der Waals surface area contributed by atoms with E-state index in [1.807, 2.05) is 6.92 Å². The lowest BCUT2D eigenvalue weighted by Crippen LogP contribution is -1.97. The summed E-state index contributed by atoms with van der Waals surface area (Å²) in [4.78, 5) is 22.5. The lowest BCUT2D eigenvalue weighted by Gasteiger charge is -2.00. The number of nitrogens with zero attached hydrogens (tertiary/aromatic N) is 1. The molecule has 19 heavy (non-hydrogen) atoms. The zero-order valence-electron chi connectivity index (χ0n) is 10.5. The van der Waals surface area contributed by atoms with Gasteiger partial charge in [-0.3, -0.25) is 14.9 Å². The number of nitrogen functional groups attached to an aromatic ring is 1. The van der Waals surface area contributed by atoms with Crippen molar-refractivity contribution in [3.8, 4) is 10.4 Å². The SMILES string of the molecule is CC(=O)c1c(N)sc(-c2ccc([N+](=O)[O-])cc2)c1C. The largest absolute Gasteiger partial charge is 0.390 e. The Labute approximate surface area is 113 Å². The molecule has 1 aromatic carbocycles. The number of Topliss-reactive ketones (excluding diaryl/α,β-unsaturated/α-hetero) is 1. The lowest BCUT2D eigenvalue weighted by atomic mass is 10.0. The maximum Gasteiger partial charge on any atom is 0.269 e. The third kappa shape index (κ3) is 2.34. The standard InChI is InChI=1S/C13H12N2O3S/c1-7-11(8(2)16)13(14)19-12(7)9-3-5-10(6-4-9)15(17)18/h3-6H,14H2,1-2H3. The van der Waals surface area contributed by atoms with Gasteiger partial charge >= 0.3 is 0 Å². The molecule has 6 heteroatoms. The fourth-order valence-corrected chi connectivity index (χ4v) is 3.11. The van der Waals surface area contributed by atoms with Gasteiger partial charge in [-0.2, -0.15) is 0 Å².